The molecule has 0 aliphatic rings. The van der Waals surface area contributed by atoms with Crippen LogP contribution in [0.1, 0.15) is 18.3 Å². The van der Waals surface area contributed by atoms with Gasteiger partial charge in [0.2, 0.25) is 0 Å². The number of fused-ring (bicyclic) bond motifs is 1. The SMILES string of the molecule is CC(=O)SCc1nc2ccc(C)cc2c(=O)[nH]1. The number of carbonyl (C=O) groups is 1. The van der Waals surface area contributed by atoms with Crippen LogP contribution in [0.5, 0.6) is 0 Å². The summed E-state index contributed by atoms with van der Waals surface area (Å²) in [6, 6.07) is 5.54. The molecule has 0 saturated heterocycles. The number of nitrogens with zero attached hydrogens (tertiary/aromatic N) is 1. The number of aryl methyl sites for hydroxylation is 1. The van der Waals surface area contributed by atoms with E-state index in [0.717, 1.165) is 17.3 Å². The summed E-state index contributed by atoms with van der Waals surface area (Å²) in [6.07, 6.45) is 0. The van der Waals surface area contributed by atoms with Crippen LogP contribution in [-0.2, 0) is 10.5 Å². The van der Waals surface area contributed by atoms with Gasteiger partial charge in [-0.25, -0.2) is 4.98 Å². The van der Waals surface area contributed by atoms with Gasteiger partial charge in [0.25, 0.3) is 5.56 Å². The van der Waals surface area contributed by atoms with Crippen LogP contribution in [-0.4, -0.2) is 15.1 Å². The molecule has 1 heterocycles. The van der Waals surface area contributed by atoms with Crippen molar-refractivity contribution in [1.29, 1.82) is 0 Å². The van der Waals surface area contributed by atoms with Crippen molar-refractivity contribution in [2.45, 2.75) is 19.6 Å². The molecule has 0 aliphatic carbocycles. The molecule has 0 amide bonds. The number of nitrogens with one attached hydrogen (secondary N) is 1. The van der Waals surface area contributed by atoms with Crippen LogP contribution in [0.15, 0.2) is 23.0 Å². The maximum Gasteiger partial charge on any atom is 0.258 e. The quantitative estimate of drug-likeness (QED) is 0.883. The largest absolute Gasteiger partial charge is 0.309 e. The number of rotatable bonds is 2. The van der Waals surface area contributed by atoms with Gasteiger partial charge < -0.3 is 4.98 Å². The second kappa shape index (κ2) is 4.71. The minimum absolute atomic E-state index is 0.0108. The second-order valence-electron chi connectivity index (χ2n) is 3.81. The molecule has 88 valence electrons. The zero-order valence-electron chi connectivity index (χ0n) is 9.61. The summed E-state index contributed by atoms with van der Waals surface area (Å²) in [6.45, 7) is 3.42. The molecule has 5 heteroatoms. The van der Waals surface area contributed by atoms with Crippen LogP contribution in [0.2, 0.25) is 0 Å². The molecule has 17 heavy (non-hydrogen) atoms. The first-order chi connectivity index (χ1) is 8.06. The summed E-state index contributed by atoms with van der Waals surface area (Å²) >= 11 is 1.13. The van der Waals surface area contributed by atoms with Gasteiger partial charge in [-0.1, -0.05) is 23.4 Å². The number of hydrogen-bond acceptors (Lipinski definition) is 4. The van der Waals surface area contributed by atoms with Gasteiger partial charge in [0, 0.05) is 6.92 Å². The van der Waals surface area contributed by atoms with Crippen molar-refractivity contribution in [2.75, 3.05) is 0 Å². The summed E-state index contributed by atoms with van der Waals surface area (Å²) in [5, 5.41) is 0.596. The average molecular weight is 248 g/mol. The van der Waals surface area contributed by atoms with Crippen LogP contribution in [0.25, 0.3) is 10.9 Å². The van der Waals surface area contributed by atoms with Crippen molar-refractivity contribution in [3.63, 3.8) is 0 Å². The Kier molecular flexibility index (Phi) is 3.28. The first-order valence-corrected chi connectivity index (χ1v) is 6.18. The van der Waals surface area contributed by atoms with Gasteiger partial charge in [0.15, 0.2) is 5.12 Å². The Hall–Kier alpha value is -1.62. The van der Waals surface area contributed by atoms with Crippen molar-refractivity contribution < 1.29 is 4.79 Å². The topological polar surface area (TPSA) is 62.8 Å². The molecule has 0 fully saturated rings. The molecule has 4 nitrogen and oxygen atoms in total. The van der Waals surface area contributed by atoms with Crippen LogP contribution in [0.3, 0.4) is 0 Å². The van der Waals surface area contributed by atoms with Gasteiger partial charge in [-0.05, 0) is 19.1 Å². The Morgan fingerprint density at radius 1 is 1.47 bits per heavy atom. The Bertz CT molecular complexity index is 634. The maximum absolute atomic E-state index is 11.8. The van der Waals surface area contributed by atoms with Crippen molar-refractivity contribution in [1.82, 2.24) is 9.97 Å². The Balaban J connectivity index is 2.45. The molecular weight excluding hydrogens is 236 g/mol. The molecule has 2 rings (SSSR count). The van der Waals surface area contributed by atoms with E-state index in [4.69, 9.17) is 0 Å². The third-order valence-electron chi connectivity index (χ3n) is 2.32. The number of aromatic amines is 1. The summed E-state index contributed by atoms with van der Waals surface area (Å²) < 4.78 is 0. The van der Waals surface area contributed by atoms with Gasteiger partial charge in [0.05, 0.1) is 16.7 Å². The maximum atomic E-state index is 11.8. The van der Waals surface area contributed by atoms with Gasteiger partial charge >= 0.3 is 0 Å². The molecule has 0 atom stereocenters. The first-order valence-electron chi connectivity index (χ1n) is 5.19. The van der Waals surface area contributed by atoms with E-state index in [2.05, 4.69) is 9.97 Å². The van der Waals surface area contributed by atoms with Crippen molar-refractivity contribution in [3.05, 3.63) is 39.9 Å². The fraction of sp³-hybridized carbons (Fsp3) is 0.250. The molecule has 1 aromatic carbocycles. The minimum Gasteiger partial charge on any atom is -0.309 e. The Labute approximate surface area is 102 Å². The predicted molar refractivity (Wildman–Crippen MR) is 69.1 cm³/mol. The lowest BCUT2D eigenvalue weighted by atomic mass is 10.2. The van der Waals surface area contributed by atoms with Crippen LogP contribution in [0, 0.1) is 6.92 Å². The first kappa shape index (κ1) is 11.9. The molecule has 1 aromatic heterocycles. The molecule has 1 N–H and O–H groups in total. The lowest BCUT2D eigenvalue weighted by Crippen LogP contribution is -2.11. The average Bonchev–Trinajstić information content (AvgIpc) is 2.27. The summed E-state index contributed by atoms with van der Waals surface area (Å²) in [5.74, 6) is 0.931. The van der Waals surface area contributed by atoms with Crippen LogP contribution >= 0.6 is 11.8 Å². The Morgan fingerprint density at radius 2 is 2.24 bits per heavy atom. The normalized spacial score (nSPS) is 10.7. The number of aromatic nitrogens is 2. The molecular formula is C12H12N2O2S. The molecule has 0 spiro atoms. The minimum atomic E-state index is -0.155. The summed E-state index contributed by atoms with van der Waals surface area (Å²) in [7, 11) is 0. The molecule has 0 bridgehead atoms. The smallest absolute Gasteiger partial charge is 0.258 e. The number of hydrogen-bond donors (Lipinski definition) is 1. The third kappa shape index (κ3) is 2.74. The molecule has 0 saturated carbocycles. The molecule has 0 radical (unpaired) electrons. The third-order valence-corrected chi connectivity index (χ3v) is 3.15. The lowest BCUT2D eigenvalue weighted by molar-refractivity contribution is -0.109. The monoisotopic (exact) mass is 248 g/mol. The number of benzene rings is 1. The zero-order chi connectivity index (χ0) is 12.4. The van der Waals surface area contributed by atoms with Crippen LogP contribution < -0.4 is 5.56 Å². The fourth-order valence-electron chi connectivity index (χ4n) is 1.54. The standard InChI is InChI=1S/C12H12N2O2S/c1-7-3-4-10-9(5-7)12(16)14-11(13-10)6-17-8(2)15/h3-5H,6H2,1-2H3,(H,13,14,16). The van der Waals surface area contributed by atoms with Crippen LogP contribution in [0.4, 0.5) is 0 Å². The Morgan fingerprint density at radius 3 is 2.94 bits per heavy atom. The number of thioether (sulfide) groups is 1. The highest BCUT2D eigenvalue weighted by atomic mass is 32.2. The van der Waals surface area contributed by atoms with Gasteiger partial charge in [-0.3, -0.25) is 9.59 Å². The highest BCUT2D eigenvalue weighted by Gasteiger charge is 2.05. The van der Waals surface area contributed by atoms with E-state index in [0.29, 0.717) is 22.5 Å². The van der Waals surface area contributed by atoms with E-state index < -0.39 is 0 Å². The lowest BCUT2D eigenvalue weighted by Gasteiger charge is -2.02. The highest BCUT2D eigenvalue weighted by Crippen LogP contribution is 2.12. The van der Waals surface area contributed by atoms with E-state index in [-0.39, 0.29) is 10.7 Å². The highest BCUT2D eigenvalue weighted by molar-refractivity contribution is 8.12. The van der Waals surface area contributed by atoms with Crippen molar-refractivity contribution in [2.24, 2.45) is 0 Å². The van der Waals surface area contributed by atoms with Gasteiger partial charge in [-0.2, -0.15) is 0 Å². The molecule has 2 aromatic rings. The van der Waals surface area contributed by atoms with E-state index in [1.165, 1.54) is 6.92 Å². The van der Waals surface area contributed by atoms with E-state index in [9.17, 15) is 9.59 Å². The van der Waals surface area contributed by atoms with Gasteiger partial charge in [0.1, 0.15) is 5.82 Å². The fourth-order valence-corrected chi connectivity index (χ4v) is 2.02. The molecule has 0 unspecified atom stereocenters. The second-order valence-corrected chi connectivity index (χ2v) is 4.97. The number of H-pyrrole nitrogens is 1. The number of carbonyl (C=O) groups excluding carboxylic acids is 1. The molecule has 0 aliphatic heterocycles. The predicted octanol–water partition coefficient (Wildman–Crippen LogP) is 2.01. The van der Waals surface area contributed by atoms with E-state index in [1.54, 1.807) is 0 Å². The van der Waals surface area contributed by atoms with E-state index >= 15 is 0 Å². The van der Waals surface area contributed by atoms with E-state index in [1.807, 2.05) is 25.1 Å². The van der Waals surface area contributed by atoms with Crippen molar-refractivity contribution in [3.8, 4) is 0 Å². The van der Waals surface area contributed by atoms with Crippen molar-refractivity contribution >= 4 is 27.8 Å². The summed E-state index contributed by atoms with van der Waals surface area (Å²) in [5.41, 5.74) is 1.53. The zero-order valence-corrected chi connectivity index (χ0v) is 10.4. The summed E-state index contributed by atoms with van der Waals surface area (Å²) in [4.78, 5) is 29.7. The van der Waals surface area contributed by atoms with Gasteiger partial charge in [-0.15, -0.1) is 0 Å².